The second-order valence-electron chi connectivity index (χ2n) is 7.82. The molecule has 1 saturated carbocycles. The number of alkyl halides is 3. The molecule has 1 fully saturated rings. The maximum absolute atomic E-state index is 14.6. The normalized spacial score (nSPS) is 18.9. The molecule has 0 N–H and O–H groups in total. The van der Waals surface area contributed by atoms with Crippen molar-refractivity contribution < 1.29 is 44.9 Å². The molecule has 2 aromatic rings. The minimum atomic E-state index is -4.58. The van der Waals surface area contributed by atoms with E-state index in [0.29, 0.717) is 44.1 Å². The van der Waals surface area contributed by atoms with Gasteiger partial charge in [0.2, 0.25) is 6.86 Å². The molecule has 0 bridgehead atoms. The fourth-order valence-electron chi connectivity index (χ4n) is 4.04. The molecule has 0 atom stereocenters. The highest BCUT2D eigenvalue weighted by atomic mass is 19.3. The second kappa shape index (κ2) is 10.6. The van der Waals surface area contributed by atoms with Gasteiger partial charge in [-0.2, -0.15) is 8.78 Å². The van der Waals surface area contributed by atoms with Gasteiger partial charge >= 0.3 is 6.11 Å². The molecule has 3 rings (SSSR count). The topological polar surface area (TPSA) is 27.7 Å². The Morgan fingerprint density at radius 1 is 0.879 bits per heavy atom. The molecule has 0 unspecified atom stereocenters. The number of rotatable bonds is 9. The highest BCUT2D eigenvalue weighted by Crippen LogP contribution is 2.41. The van der Waals surface area contributed by atoms with E-state index < -0.39 is 53.3 Å². The van der Waals surface area contributed by atoms with Crippen molar-refractivity contribution in [3.05, 3.63) is 58.7 Å². The van der Waals surface area contributed by atoms with Gasteiger partial charge < -0.3 is 14.2 Å². The lowest BCUT2D eigenvalue weighted by atomic mass is 9.79. The Morgan fingerprint density at radius 3 is 1.97 bits per heavy atom. The molecule has 3 nitrogen and oxygen atoms in total. The van der Waals surface area contributed by atoms with Crippen LogP contribution < -0.4 is 9.47 Å². The van der Waals surface area contributed by atoms with Gasteiger partial charge in [-0.25, -0.2) is 22.0 Å². The van der Waals surface area contributed by atoms with Gasteiger partial charge in [0.1, 0.15) is 22.9 Å². The van der Waals surface area contributed by atoms with Gasteiger partial charge in [0.15, 0.2) is 17.4 Å². The number of hydrogen-bond donors (Lipinski definition) is 0. The van der Waals surface area contributed by atoms with Crippen LogP contribution in [0.15, 0.2) is 24.3 Å². The van der Waals surface area contributed by atoms with Crippen LogP contribution in [0.5, 0.6) is 11.5 Å². The molecule has 2 aromatic carbocycles. The SMILES string of the molecule is CCOCC1CCC(c2cc(F)c(C(F)(F)Oc3cc(F)c(OCF)c(F)c3)c(F)c2)CC1. The predicted octanol–water partition coefficient (Wildman–Crippen LogP) is 6.99. The van der Waals surface area contributed by atoms with E-state index in [1.165, 1.54) is 0 Å². The highest BCUT2D eigenvalue weighted by Gasteiger charge is 2.42. The maximum Gasteiger partial charge on any atom is 0.432 e. The molecule has 182 valence electrons. The predicted molar refractivity (Wildman–Crippen MR) is 105 cm³/mol. The Bertz CT molecular complexity index is 913. The van der Waals surface area contributed by atoms with E-state index in [1.807, 2.05) is 6.92 Å². The van der Waals surface area contributed by atoms with Crippen LogP contribution in [0.2, 0.25) is 0 Å². The molecule has 10 heteroatoms. The minimum Gasteiger partial charge on any atom is -0.457 e. The van der Waals surface area contributed by atoms with Crippen molar-refractivity contribution in [3.63, 3.8) is 0 Å². The smallest absolute Gasteiger partial charge is 0.432 e. The standard InChI is InChI=1S/C23H23F7O3/c1-2-31-11-13-3-5-14(6-4-13)15-7-17(25)21(18(26)8-15)23(29,30)33-16-9-19(27)22(32-12-24)20(28)10-16/h7-10,13-14H,2-6,11-12H2,1H3. The average Bonchev–Trinajstić information content (AvgIpc) is 2.74. The molecule has 0 amide bonds. The van der Waals surface area contributed by atoms with Crippen molar-refractivity contribution in [1.82, 2.24) is 0 Å². The van der Waals surface area contributed by atoms with Crippen molar-refractivity contribution in [2.45, 2.75) is 44.6 Å². The largest absolute Gasteiger partial charge is 0.457 e. The third kappa shape index (κ3) is 5.90. The van der Waals surface area contributed by atoms with E-state index in [2.05, 4.69) is 9.47 Å². The first-order valence-corrected chi connectivity index (χ1v) is 10.5. The lowest BCUT2D eigenvalue weighted by Crippen LogP contribution is -2.26. The molecule has 0 aromatic heterocycles. The van der Waals surface area contributed by atoms with Crippen molar-refractivity contribution in [2.75, 3.05) is 20.1 Å². The summed E-state index contributed by atoms with van der Waals surface area (Å²) in [5.41, 5.74) is -1.43. The van der Waals surface area contributed by atoms with Crippen LogP contribution >= 0.6 is 0 Å². The number of benzene rings is 2. The lowest BCUT2D eigenvalue weighted by molar-refractivity contribution is -0.189. The lowest BCUT2D eigenvalue weighted by Gasteiger charge is -2.29. The van der Waals surface area contributed by atoms with Crippen molar-refractivity contribution in [1.29, 1.82) is 0 Å². The summed E-state index contributed by atoms with van der Waals surface area (Å²) in [4.78, 5) is 0. The Kier molecular flexibility index (Phi) is 8.10. The molecule has 0 aliphatic heterocycles. The zero-order valence-corrected chi connectivity index (χ0v) is 17.8. The molecule has 0 radical (unpaired) electrons. The fraction of sp³-hybridized carbons (Fsp3) is 0.478. The van der Waals surface area contributed by atoms with E-state index in [-0.39, 0.29) is 11.5 Å². The van der Waals surface area contributed by atoms with E-state index in [0.717, 1.165) is 25.0 Å². The summed E-state index contributed by atoms with van der Waals surface area (Å²) in [6.45, 7) is 1.54. The Morgan fingerprint density at radius 2 is 1.45 bits per heavy atom. The summed E-state index contributed by atoms with van der Waals surface area (Å²) >= 11 is 0. The van der Waals surface area contributed by atoms with Crippen LogP contribution in [0, 0.1) is 29.2 Å². The molecule has 0 saturated heterocycles. The third-order valence-electron chi connectivity index (χ3n) is 5.65. The summed E-state index contributed by atoms with van der Waals surface area (Å²) in [5.74, 6) is -8.15. The van der Waals surface area contributed by atoms with Gasteiger partial charge in [-0.15, -0.1) is 0 Å². The Labute approximate surface area is 186 Å². The van der Waals surface area contributed by atoms with Gasteiger partial charge in [0.05, 0.1) is 0 Å². The van der Waals surface area contributed by atoms with Crippen LogP contribution in [0.1, 0.15) is 49.7 Å². The van der Waals surface area contributed by atoms with Crippen LogP contribution in [0.4, 0.5) is 30.7 Å². The van der Waals surface area contributed by atoms with Crippen molar-refractivity contribution in [3.8, 4) is 11.5 Å². The first kappa shape index (κ1) is 25.1. The molecule has 0 heterocycles. The summed E-state index contributed by atoms with van der Waals surface area (Å²) in [5, 5.41) is 0. The first-order chi connectivity index (χ1) is 15.7. The zero-order chi connectivity index (χ0) is 24.2. The Hall–Kier alpha value is -2.49. The summed E-state index contributed by atoms with van der Waals surface area (Å²) in [6, 6.07) is 2.27. The van der Waals surface area contributed by atoms with E-state index in [1.54, 1.807) is 0 Å². The number of hydrogen-bond acceptors (Lipinski definition) is 3. The molecular formula is C23H23F7O3. The van der Waals surface area contributed by atoms with Crippen molar-refractivity contribution >= 4 is 0 Å². The third-order valence-corrected chi connectivity index (χ3v) is 5.65. The monoisotopic (exact) mass is 480 g/mol. The van der Waals surface area contributed by atoms with Gasteiger partial charge in [-0.1, -0.05) is 0 Å². The van der Waals surface area contributed by atoms with Gasteiger partial charge in [0, 0.05) is 25.3 Å². The van der Waals surface area contributed by atoms with Crippen LogP contribution in [0.25, 0.3) is 0 Å². The van der Waals surface area contributed by atoms with Gasteiger partial charge in [-0.05, 0) is 62.1 Å². The quantitative estimate of drug-likeness (QED) is 0.362. The Balaban J connectivity index is 1.78. The summed E-state index contributed by atoms with van der Waals surface area (Å²) < 4.78 is 112. The van der Waals surface area contributed by atoms with Crippen LogP contribution in [0.3, 0.4) is 0 Å². The molecule has 33 heavy (non-hydrogen) atoms. The van der Waals surface area contributed by atoms with E-state index >= 15 is 0 Å². The minimum absolute atomic E-state index is 0.193. The second-order valence-corrected chi connectivity index (χ2v) is 7.82. The first-order valence-electron chi connectivity index (χ1n) is 10.5. The van der Waals surface area contributed by atoms with Gasteiger partial charge in [-0.3, -0.25) is 0 Å². The molecule has 1 aliphatic rings. The van der Waals surface area contributed by atoms with E-state index in [9.17, 15) is 30.7 Å². The van der Waals surface area contributed by atoms with Crippen LogP contribution in [-0.2, 0) is 10.8 Å². The molecule has 1 aliphatic carbocycles. The number of ether oxygens (including phenoxy) is 3. The summed E-state index contributed by atoms with van der Waals surface area (Å²) in [7, 11) is 0. The fourth-order valence-corrected chi connectivity index (χ4v) is 4.04. The average molecular weight is 480 g/mol. The van der Waals surface area contributed by atoms with E-state index in [4.69, 9.17) is 4.74 Å². The van der Waals surface area contributed by atoms with Crippen LogP contribution in [-0.4, -0.2) is 20.1 Å². The van der Waals surface area contributed by atoms with Crippen molar-refractivity contribution in [2.24, 2.45) is 5.92 Å². The number of halogens is 7. The molecule has 0 spiro atoms. The zero-order valence-electron chi connectivity index (χ0n) is 17.8. The van der Waals surface area contributed by atoms with Gasteiger partial charge in [0.25, 0.3) is 0 Å². The maximum atomic E-state index is 14.6. The molecular weight excluding hydrogens is 457 g/mol. The summed E-state index contributed by atoms with van der Waals surface area (Å²) in [6.07, 6.45) is -1.74. The highest BCUT2D eigenvalue weighted by molar-refractivity contribution is 5.36.